The van der Waals surface area contributed by atoms with E-state index in [1.807, 2.05) is 43.3 Å². The standard InChI is InChI=1S/C19H23N3O2/c1-15-7-5-11-18(21-15)24-17-13-22(14-17)19(23)20-12-6-10-16-8-3-2-4-9-16/h2-5,7-9,11,17H,6,10,12-14H2,1H3,(H,20,23). The second-order valence-corrected chi connectivity index (χ2v) is 6.08. The van der Waals surface area contributed by atoms with Crippen LogP contribution in [0.1, 0.15) is 17.7 Å². The zero-order valence-corrected chi connectivity index (χ0v) is 13.9. The third kappa shape index (κ3) is 4.47. The molecule has 0 saturated carbocycles. The number of ether oxygens (including phenoxy) is 1. The highest BCUT2D eigenvalue weighted by Crippen LogP contribution is 2.16. The van der Waals surface area contributed by atoms with Crippen LogP contribution in [0.5, 0.6) is 5.88 Å². The van der Waals surface area contributed by atoms with Gasteiger partial charge in [0.15, 0.2) is 0 Å². The predicted molar refractivity (Wildman–Crippen MR) is 93.1 cm³/mol. The summed E-state index contributed by atoms with van der Waals surface area (Å²) in [4.78, 5) is 18.1. The molecule has 0 atom stereocenters. The number of rotatable bonds is 6. The number of aryl methyl sites for hydroxylation is 2. The van der Waals surface area contributed by atoms with E-state index < -0.39 is 0 Å². The topological polar surface area (TPSA) is 54.5 Å². The van der Waals surface area contributed by atoms with Crippen LogP contribution in [0.15, 0.2) is 48.5 Å². The molecule has 126 valence electrons. The monoisotopic (exact) mass is 325 g/mol. The molecule has 2 heterocycles. The molecular weight excluding hydrogens is 302 g/mol. The van der Waals surface area contributed by atoms with Crippen molar-refractivity contribution in [2.45, 2.75) is 25.9 Å². The number of hydrogen-bond acceptors (Lipinski definition) is 3. The van der Waals surface area contributed by atoms with Gasteiger partial charge >= 0.3 is 6.03 Å². The maximum absolute atomic E-state index is 12.0. The number of hydrogen-bond donors (Lipinski definition) is 1. The second-order valence-electron chi connectivity index (χ2n) is 6.08. The van der Waals surface area contributed by atoms with Gasteiger partial charge in [-0.1, -0.05) is 36.4 Å². The molecule has 2 amide bonds. The van der Waals surface area contributed by atoms with Crippen molar-refractivity contribution in [3.8, 4) is 5.88 Å². The number of carbonyl (C=O) groups is 1. The minimum Gasteiger partial charge on any atom is -0.471 e. The Morgan fingerprint density at radius 2 is 2.00 bits per heavy atom. The number of carbonyl (C=O) groups excluding carboxylic acids is 1. The molecule has 1 fully saturated rings. The van der Waals surface area contributed by atoms with Crippen molar-refractivity contribution >= 4 is 6.03 Å². The predicted octanol–water partition coefficient (Wildman–Crippen LogP) is 2.80. The van der Waals surface area contributed by atoms with Gasteiger partial charge in [0, 0.05) is 18.3 Å². The summed E-state index contributed by atoms with van der Waals surface area (Å²) in [5.74, 6) is 0.628. The minimum absolute atomic E-state index is 0.0138. The molecule has 1 aliphatic rings. The minimum atomic E-state index is -0.0138. The summed E-state index contributed by atoms with van der Waals surface area (Å²) < 4.78 is 5.76. The van der Waals surface area contributed by atoms with E-state index in [1.54, 1.807) is 4.90 Å². The largest absolute Gasteiger partial charge is 0.471 e. The number of nitrogens with one attached hydrogen (secondary N) is 1. The maximum Gasteiger partial charge on any atom is 0.317 e. The molecule has 1 aromatic heterocycles. The average molecular weight is 325 g/mol. The fourth-order valence-electron chi connectivity index (χ4n) is 2.68. The maximum atomic E-state index is 12.0. The van der Waals surface area contributed by atoms with E-state index in [0.717, 1.165) is 18.5 Å². The Kier molecular flexibility index (Phi) is 5.31. The number of pyridine rings is 1. The number of nitrogens with zero attached hydrogens (tertiary/aromatic N) is 2. The average Bonchev–Trinajstić information content (AvgIpc) is 2.55. The molecule has 1 aromatic carbocycles. The number of benzene rings is 1. The van der Waals surface area contributed by atoms with Gasteiger partial charge in [0.25, 0.3) is 0 Å². The Morgan fingerprint density at radius 1 is 1.21 bits per heavy atom. The summed E-state index contributed by atoms with van der Waals surface area (Å²) in [6, 6.07) is 16.0. The summed E-state index contributed by atoms with van der Waals surface area (Å²) in [6.07, 6.45) is 1.96. The van der Waals surface area contributed by atoms with E-state index in [9.17, 15) is 4.79 Å². The summed E-state index contributed by atoms with van der Waals surface area (Å²) >= 11 is 0. The van der Waals surface area contributed by atoms with Crippen molar-refractivity contribution in [2.75, 3.05) is 19.6 Å². The molecule has 0 radical (unpaired) electrons. The van der Waals surface area contributed by atoms with Crippen LogP contribution < -0.4 is 10.1 Å². The molecule has 5 nitrogen and oxygen atoms in total. The number of amides is 2. The van der Waals surface area contributed by atoms with Gasteiger partial charge in [-0.2, -0.15) is 0 Å². The number of likely N-dealkylation sites (tertiary alicyclic amines) is 1. The Balaban J connectivity index is 1.32. The summed E-state index contributed by atoms with van der Waals surface area (Å²) in [5.41, 5.74) is 2.23. The fraction of sp³-hybridized carbons (Fsp3) is 0.368. The van der Waals surface area contributed by atoms with Crippen LogP contribution in [0.3, 0.4) is 0 Å². The van der Waals surface area contributed by atoms with Crippen molar-refractivity contribution in [1.82, 2.24) is 15.2 Å². The first kappa shape index (κ1) is 16.3. The van der Waals surface area contributed by atoms with E-state index in [1.165, 1.54) is 5.56 Å². The highest BCUT2D eigenvalue weighted by atomic mass is 16.5. The van der Waals surface area contributed by atoms with Gasteiger partial charge in [-0.25, -0.2) is 9.78 Å². The summed E-state index contributed by atoms with van der Waals surface area (Å²) in [5, 5.41) is 2.96. The van der Waals surface area contributed by atoms with Gasteiger partial charge in [0.05, 0.1) is 13.1 Å². The van der Waals surface area contributed by atoms with Crippen molar-refractivity contribution in [3.63, 3.8) is 0 Å². The quantitative estimate of drug-likeness (QED) is 0.831. The van der Waals surface area contributed by atoms with Gasteiger partial charge in [0.2, 0.25) is 5.88 Å². The molecule has 24 heavy (non-hydrogen) atoms. The first-order chi connectivity index (χ1) is 11.7. The van der Waals surface area contributed by atoms with Crippen LogP contribution in [0, 0.1) is 6.92 Å². The fourth-order valence-corrected chi connectivity index (χ4v) is 2.68. The van der Waals surface area contributed by atoms with Crippen LogP contribution in [-0.2, 0) is 6.42 Å². The van der Waals surface area contributed by atoms with Crippen molar-refractivity contribution in [1.29, 1.82) is 0 Å². The summed E-state index contributed by atoms with van der Waals surface area (Å²) in [7, 11) is 0. The lowest BCUT2D eigenvalue weighted by Gasteiger charge is -2.38. The Morgan fingerprint density at radius 3 is 2.75 bits per heavy atom. The SMILES string of the molecule is Cc1cccc(OC2CN(C(=O)NCCCc3ccccc3)C2)n1. The van der Waals surface area contributed by atoms with Gasteiger partial charge in [-0.15, -0.1) is 0 Å². The summed E-state index contributed by atoms with van der Waals surface area (Å²) in [6.45, 7) is 3.85. The lowest BCUT2D eigenvalue weighted by molar-refractivity contribution is 0.0413. The Labute approximate surface area is 142 Å². The molecule has 1 aliphatic heterocycles. The lowest BCUT2D eigenvalue weighted by atomic mass is 10.1. The van der Waals surface area contributed by atoms with E-state index in [-0.39, 0.29) is 12.1 Å². The third-order valence-corrected chi connectivity index (χ3v) is 4.05. The van der Waals surface area contributed by atoms with Crippen molar-refractivity contribution < 1.29 is 9.53 Å². The van der Waals surface area contributed by atoms with E-state index >= 15 is 0 Å². The van der Waals surface area contributed by atoms with E-state index in [2.05, 4.69) is 22.4 Å². The molecule has 0 bridgehead atoms. The van der Waals surface area contributed by atoms with Crippen LogP contribution in [0.4, 0.5) is 4.79 Å². The molecule has 2 aromatic rings. The smallest absolute Gasteiger partial charge is 0.317 e. The molecule has 0 aliphatic carbocycles. The molecule has 5 heteroatoms. The first-order valence-electron chi connectivity index (χ1n) is 8.38. The third-order valence-electron chi connectivity index (χ3n) is 4.05. The molecule has 3 rings (SSSR count). The zero-order valence-electron chi connectivity index (χ0n) is 13.9. The van der Waals surface area contributed by atoms with Crippen LogP contribution in [0.25, 0.3) is 0 Å². The molecule has 0 spiro atoms. The molecule has 1 saturated heterocycles. The van der Waals surface area contributed by atoms with Gasteiger partial charge in [0.1, 0.15) is 6.10 Å². The Hall–Kier alpha value is -2.56. The molecular formula is C19H23N3O2. The van der Waals surface area contributed by atoms with Crippen LogP contribution >= 0.6 is 0 Å². The van der Waals surface area contributed by atoms with Crippen molar-refractivity contribution in [3.05, 3.63) is 59.8 Å². The van der Waals surface area contributed by atoms with Crippen LogP contribution in [-0.4, -0.2) is 41.7 Å². The van der Waals surface area contributed by atoms with E-state index in [0.29, 0.717) is 25.5 Å². The molecule has 0 unspecified atom stereocenters. The first-order valence-corrected chi connectivity index (χ1v) is 8.38. The van der Waals surface area contributed by atoms with Crippen molar-refractivity contribution in [2.24, 2.45) is 0 Å². The molecule has 1 N–H and O–H groups in total. The van der Waals surface area contributed by atoms with Gasteiger partial charge in [-0.3, -0.25) is 0 Å². The Bertz CT molecular complexity index is 669. The zero-order chi connectivity index (χ0) is 16.8. The highest BCUT2D eigenvalue weighted by molar-refractivity contribution is 5.75. The number of urea groups is 1. The normalized spacial score (nSPS) is 14.1. The van der Waals surface area contributed by atoms with Crippen LogP contribution in [0.2, 0.25) is 0 Å². The number of aromatic nitrogens is 1. The lowest BCUT2D eigenvalue weighted by Crippen LogP contribution is -2.59. The highest BCUT2D eigenvalue weighted by Gasteiger charge is 2.32. The van der Waals surface area contributed by atoms with Gasteiger partial charge < -0.3 is 15.0 Å². The van der Waals surface area contributed by atoms with E-state index in [4.69, 9.17) is 4.74 Å². The van der Waals surface area contributed by atoms with Gasteiger partial charge in [-0.05, 0) is 31.4 Å². The second kappa shape index (κ2) is 7.81.